The molecule has 0 saturated carbocycles. The largest absolute Gasteiger partial charge is 0.507 e. The summed E-state index contributed by atoms with van der Waals surface area (Å²) in [5, 5.41) is 72.8. The highest BCUT2D eigenvalue weighted by Crippen LogP contribution is 2.52. The van der Waals surface area contributed by atoms with Crippen LogP contribution in [-0.4, -0.2) is 141 Å². The molecule has 2 aliphatic rings. The smallest absolute Gasteiger partial charge is 0.347 e. The molecule has 5 atom stereocenters. The molecular weight excluding hydrogens is 959 g/mol. The fraction of sp³-hybridized carbons (Fsp3) is 0.500. The van der Waals surface area contributed by atoms with Crippen LogP contribution < -0.4 is 9.47 Å². The first-order chi connectivity index (χ1) is 31.3. The summed E-state index contributed by atoms with van der Waals surface area (Å²) >= 11 is 12.2. The van der Waals surface area contributed by atoms with Gasteiger partial charge in [-0.2, -0.15) is 0 Å². The zero-order chi connectivity index (χ0) is 50.6. The average Bonchev–Trinajstić information content (AvgIpc) is 3.42. The predicted molar refractivity (Wildman–Crippen MR) is 214 cm³/mol. The third kappa shape index (κ3) is 14.1. The monoisotopic (exact) mass is 996 g/mol. The van der Waals surface area contributed by atoms with Crippen molar-refractivity contribution >= 4 is 59.0 Å². The molecule has 0 aromatic heterocycles. The lowest BCUT2D eigenvalue weighted by molar-refractivity contribution is -0.479. The normalized spacial score (nSPS) is 18.1. The van der Waals surface area contributed by atoms with Gasteiger partial charge in [-0.3, -0.25) is 59.6 Å². The highest BCUT2D eigenvalue weighted by molar-refractivity contribution is 6.39. The number of phenols is 2. The first-order valence-corrected chi connectivity index (χ1v) is 19.7. The van der Waals surface area contributed by atoms with Crippen molar-refractivity contribution < 1.29 is 102 Å². The summed E-state index contributed by atoms with van der Waals surface area (Å²) in [7, 11) is 1.17. The van der Waals surface area contributed by atoms with Crippen LogP contribution in [0.5, 0.6) is 28.7 Å². The molecular formula is C36H38Cl2N4O25. The molecule has 29 nitrogen and oxygen atoms in total. The minimum atomic E-state index is -2.22. The second kappa shape index (κ2) is 23.8. The van der Waals surface area contributed by atoms with Crippen LogP contribution in [0.25, 0.3) is 0 Å². The Labute approximate surface area is 384 Å². The van der Waals surface area contributed by atoms with Gasteiger partial charge in [0.15, 0.2) is 47.6 Å². The molecule has 1 saturated heterocycles. The van der Waals surface area contributed by atoms with Gasteiger partial charge in [0.2, 0.25) is 26.2 Å². The molecule has 0 bridgehead atoms. The number of hydrogen-bond acceptors (Lipinski definition) is 25. The van der Waals surface area contributed by atoms with Crippen LogP contribution >= 0.6 is 23.2 Å². The maximum atomic E-state index is 12.7. The Kier molecular flexibility index (Phi) is 19.2. The molecule has 0 aliphatic carbocycles. The number of carbonyl (C=O) groups excluding carboxylic acids is 6. The second-order valence-electron chi connectivity index (χ2n) is 13.8. The number of nitrogens with zero attached hydrogens (tertiary/aromatic N) is 4. The Hall–Kier alpha value is -7.24. The van der Waals surface area contributed by atoms with Crippen LogP contribution in [-0.2, 0) is 47.6 Å². The Balaban J connectivity index is 0.000000381. The maximum Gasteiger partial charge on any atom is 0.347 e. The third-order valence-electron chi connectivity index (χ3n) is 9.21. The molecule has 2 aromatic rings. The Morgan fingerprint density at radius 1 is 0.627 bits per heavy atom. The molecule has 366 valence electrons. The molecule has 4 rings (SSSR count). The van der Waals surface area contributed by atoms with E-state index in [1.54, 1.807) is 0 Å². The molecule has 0 spiro atoms. The van der Waals surface area contributed by atoms with Gasteiger partial charge in [0, 0.05) is 30.8 Å². The van der Waals surface area contributed by atoms with Gasteiger partial charge in [-0.15, -0.1) is 0 Å². The number of benzene rings is 2. The van der Waals surface area contributed by atoms with Crippen molar-refractivity contribution in [2.45, 2.75) is 77.2 Å². The number of esters is 6. The lowest BCUT2D eigenvalue weighted by atomic mass is 9.98. The molecule has 31 heteroatoms. The van der Waals surface area contributed by atoms with Gasteiger partial charge < -0.3 is 53.2 Å². The van der Waals surface area contributed by atoms with Gasteiger partial charge in [-0.1, -0.05) is 23.2 Å². The van der Waals surface area contributed by atoms with Crippen LogP contribution in [0.3, 0.4) is 0 Å². The summed E-state index contributed by atoms with van der Waals surface area (Å²) in [6.45, 7) is -0.0281. The number of phenolic OH excluding ortho intramolecular Hbond substituents is 2. The molecule has 1 fully saturated rings. The van der Waals surface area contributed by atoms with Gasteiger partial charge in [0.05, 0.1) is 12.1 Å². The number of aliphatic hydroxyl groups excluding tert-OH is 1. The Bertz CT molecular complexity index is 2340. The topological polar surface area (TPSA) is 410 Å². The quantitative estimate of drug-likeness (QED) is 0.0632. The molecule has 5 unspecified atom stereocenters. The molecule has 0 radical (unpaired) electrons. The molecule has 0 amide bonds. The van der Waals surface area contributed by atoms with Crippen molar-refractivity contribution in [2.24, 2.45) is 0 Å². The fourth-order valence-corrected chi connectivity index (χ4v) is 6.39. The zero-order valence-corrected chi connectivity index (χ0v) is 36.6. The maximum absolute atomic E-state index is 12.7. The van der Waals surface area contributed by atoms with Crippen LogP contribution in [0, 0.1) is 61.2 Å². The zero-order valence-electron chi connectivity index (χ0n) is 35.1. The SMILES string of the molecule is COC(=O)c1c(C)c2c(c(C)c1O)OC(=O)c1c(C)c(Cl)c(O)c(Cl)c1O2.O=C(CC[N+](=O)[O-])OCC1OC(O)C(OC(=O)CC[N+](=O)[O-])C(OC(=O)CC[N+](=O)[O-])C1OC(=O)CC[N+](=O)[O-]. The highest BCUT2D eigenvalue weighted by Gasteiger charge is 2.52. The lowest BCUT2D eigenvalue weighted by Gasteiger charge is -2.42. The van der Waals surface area contributed by atoms with E-state index in [1.807, 2.05) is 0 Å². The number of nitro groups is 4. The first kappa shape index (κ1) is 54.1. The Morgan fingerprint density at radius 3 is 1.55 bits per heavy atom. The molecule has 3 N–H and O–H groups in total. The van der Waals surface area contributed by atoms with Crippen molar-refractivity contribution in [3.63, 3.8) is 0 Å². The number of methoxy groups -OCH3 is 1. The molecule has 2 heterocycles. The summed E-state index contributed by atoms with van der Waals surface area (Å²) < 4.78 is 41.0. The van der Waals surface area contributed by atoms with E-state index in [-0.39, 0.29) is 55.1 Å². The van der Waals surface area contributed by atoms with E-state index in [0.717, 1.165) is 0 Å². The summed E-state index contributed by atoms with van der Waals surface area (Å²) in [4.78, 5) is 112. The van der Waals surface area contributed by atoms with Crippen LogP contribution in [0.2, 0.25) is 10.0 Å². The number of carbonyl (C=O) groups is 6. The highest BCUT2D eigenvalue weighted by atomic mass is 35.5. The predicted octanol–water partition coefficient (Wildman–Crippen LogP) is 2.09. The van der Waals surface area contributed by atoms with Crippen molar-refractivity contribution in [3.05, 3.63) is 78.3 Å². The average molecular weight is 998 g/mol. The summed E-state index contributed by atoms with van der Waals surface area (Å²) in [6.07, 6.45) is -13.2. The number of halogens is 2. The van der Waals surface area contributed by atoms with Crippen molar-refractivity contribution in [3.8, 4) is 28.7 Å². The molecule has 2 aromatic carbocycles. The van der Waals surface area contributed by atoms with E-state index in [4.69, 9.17) is 61.1 Å². The van der Waals surface area contributed by atoms with E-state index in [9.17, 15) is 84.5 Å². The summed E-state index contributed by atoms with van der Waals surface area (Å²) in [5.74, 6) is -7.80. The standard InChI is InChI=1S/C18H14Cl2O7.C18H24N4O18/c1-5-9-16(11(20)13(22)10(5)19)26-14-6(2)8(17(23)25-4)12(21)7(3)15(14)27-18(9)24;23-11(1-5-19(28)29)36-9-10-15(38-12(24)2-6-20(30)31)16(39-13(25)3-7-21(32)33)17(18(27)37-10)40-14(26)4-8-22(34)35/h21-22H,1-4H3;10,15-18,27H,1-9H2. The lowest BCUT2D eigenvalue weighted by Crippen LogP contribution is -2.62. The number of hydrogen-bond donors (Lipinski definition) is 3. The number of rotatable bonds is 18. The third-order valence-corrected chi connectivity index (χ3v) is 10.0. The van der Waals surface area contributed by atoms with Crippen LogP contribution in [0.4, 0.5) is 0 Å². The number of aliphatic hydroxyl groups is 1. The van der Waals surface area contributed by atoms with Gasteiger partial charge in [0.1, 0.15) is 60.3 Å². The second-order valence-corrected chi connectivity index (χ2v) is 14.5. The van der Waals surface area contributed by atoms with Crippen molar-refractivity contribution in [1.82, 2.24) is 0 Å². The van der Waals surface area contributed by atoms with Crippen molar-refractivity contribution in [1.29, 1.82) is 0 Å². The van der Waals surface area contributed by atoms with Crippen LogP contribution in [0.1, 0.15) is 63.1 Å². The van der Waals surface area contributed by atoms with E-state index in [2.05, 4.69) is 0 Å². The minimum absolute atomic E-state index is 0.0131. The van der Waals surface area contributed by atoms with E-state index < -0.39 is 156 Å². The van der Waals surface area contributed by atoms with Gasteiger partial charge >= 0.3 is 35.8 Å². The molecule has 67 heavy (non-hydrogen) atoms. The number of fused-ring (bicyclic) bond motifs is 2. The van der Waals surface area contributed by atoms with Gasteiger partial charge in [0.25, 0.3) is 0 Å². The minimum Gasteiger partial charge on any atom is -0.507 e. The van der Waals surface area contributed by atoms with E-state index in [1.165, 1.54) is 27.9 Å². The van der Waals surface area contributed by atoms with E-state index in [0.29, 0.717) is 0 Å². The summed E-state index contributed by atoms with van der Waals surface area (Å²) in [5.41, 5.74) is 0.264. The Morgan fingerprint density at radius 2 is 1.07 bits per heavy atom. The van der Waals surface area contributed by atoms with Crippen LogP contribution in [0.15, 0.2) is 0 Å². The number of ether oxygens (including phenoxy) is 8. The van der Waals surface area contributed by atoms with Crippen molar-refractivity contribution in [2.75, 3.05) is 39.9 Å². The van der Waals surface area contributed by atoms with Gasteiger partial charge in [-0.25, -0.2) is 9.59 Å². The van der Waals surface area contributed by atoms with E-state index >= 15 is 0 Å². The first-order valence-electron chi connectivity index (χ1n) is 18.9. The van der Waals surface area contributed by atoms with Gasteiger partial charge in [-0.05, 0) is 26.3 Å². The molecule has 2 aliphatic heterocycles. The fourth-order valence-electron chi connectivity index (χ4n) is 5.92. The number of aromatic hydroxyl groups is 2. The summed E-state index contributed by atoms with van der Waals surface area (Å²) in [6, 6.07) is 0.